The number of nitrogens with zero attached hydrogens (tertiary/aromatic N) is 5. The van der Waals surface area contributed by atoms with Gasteiger partial charge in [-0.25, -0.2) is 4.68 Å². The molecule has 4 aromatic rings. The molecule has 1 atom stereocenters. The van der Waals surface area contributed by atoms with Crippen LogP contribution in [0.3, 0.4) is 0 Å². The molecule has 1 aromatic heterocycles. The van der Waals surface area contributed by atoms with Gasteiger partial charge < -0.3 is 15.5 Å². The Labute approximate surface area is 242 Å². The van der Waals surface area contributed by atoms with Crippen LogP contribution in [0.1, 0.15) is 37.9 Å². The fourth-order valence-electron chi connectivity index (χ4n) is 4.83. The minimum atomic E-state index is -0.498. The molecule has 0 fully saturated rings. The number of nitro benzene ring substituents is 1. The second kappa shape index (κ2) is 12.3. The lowest BCUT2D eigenvalue weighted by Gasteiger charge is -2.29. The highest BCUT2D eigenvalue weighted by Crippen LogP contribution is 2.37. The number of rotatable bonds is 10. The Morgan fingerprint density at radius 1 is 1.05 bits per heavy atom. The van der Waals surface area contributed by atoms with E-state index < -0.39 is 11.0 Å². The number of anilines is 3. The van der Waals surface area contributed by atoms with Crippen molar-refractivity contribution in [1.82, 2.24) is 14.8 Å². The van der Waals surface area contributed by atoms with Gasteiger partial charge in [0.1, 0.15) is 6.04 Å². The molecule has 41 heavy (non-hydrogen) atoms. The monoisotopic (exact) mass is 569 g/mol. The van der Waals surface area contributed by atoms with E-state index in [0.29, 0.717) is 33.8 Å². The standard InChI is InChI=1S/C30H31N7O3S/c1-4-35(5-2)24-17-13-22(14-18-24)27-26(28(38)32-23-9-7-6-8-10-23)20(3)31-29-33-30(34-36(27)29)41-19-21-11-15-25(16-12-21)37(39)40/h6-18,27H,4-5,19H2,1-3H3,(H,32,38)(H,31,33,34). The van der Waals surface area contributed by atoms with Gasteiger partial charge in [0, 0.05) is 48.0 Å². The topological polar surface area (TPSA) is 118 Å². The number of amides is 1. The molecule has 1 aliphatic rings. The van der Waals surface area contributed by atoms with Crippen LogP contribution in [0.4, 0.5) is 23.0 Å². The maximum atomic E-state index is 13.7. The molecule has 11 heteroatoms. The van der Waals surface area contributed by atoms with Gasteiger partial charge in [0.05, 0.1) is 10.5 Å². The van der Waals surface area contributed by atoms with E-state index in [9.17, 15) is 14.9 Å². The first kappa shape index (κ1) is 27.9. The first-order valence-corrected chi connectivity index (χ1v) is 14.4. The van der Waals surface area contributed by atoms with Crippen molar-refractivity contribution in [2.24, 2.45) is 0 Å². The predicted octanol–water partition coefficient (Wildman–Crippen LogP) is 6.25. The molecule has 10 nitrogen and oxygen atoms in total. The van der Waals surface area contributed by atoms with Crippen molar-refractivity contribution in [3.63, 3.8) is 0 Å². The fourth-order valence-corrected chi connectivity index (χ4v) is 5.62. The molecule has 0 bridgehead atoms. The van der Waals surface area contributed by atoms with Crippen molar-refractivity contribution in [3.8, 4) is 0 Å². The van der Waals surface area contributed by atoms with Crippen LogP contribution in [0, 0.1) is 10.1 Å². The maximum absolute atomic E-state index is 13.7. The van der Waals surface area contributed by atoms with E-state index in [1.54, 1.807) is 16.8 Å². The van der Waals surface area contributed by atoms with Crippen LogP contribution >= 0.6 is 11.8 Å². The third kappa shape index (κ3) is 6.09. The number of hydrogen-bond donors (Lipinski definition) is 2. The van der Waals surface area contributed by atoms with Crippen LogP contribution in [-0.4, -0.2) is 38.7 Å². The van der Waals surface area contributed by atoms with Crippen LogP contribution in [0.15, 0.2) is 95.3 Å². The van der Waals surface area contributed by atoms with Crippen molar-refractivity contribution < 1.29 is 9.72 Å². The average molecular weight is 570 g/mol. The molecule has 0 radical (unpaired) electrons. The minimum absolute atomic E-state index is 0.0521. The first-order valence-electron chi connectivity index (χ1n) is 13.4. The van der Waals surface area contributed by atoms with Crippen LogP contribution in [-0.2, 0) is 10.5 Å². The second-order valence-corrected chi connectivity index (χ2v) is 10.5. The molecular formula is C30H31N7O3S. The van der Waals surface area contributed by atoms with Crippen molar-refractivity contribution in [3.05, 3.63) is 111 Å². The number of thioether (sulfide) groups is 1. The Morgan fingerprint density at radius 3 is 2.37 bits per heavy atom. The Balaban J connectivity index is 1.47. The lowest BCUT2D eigenvalue weighted by molar-refractivity contribution is -0.384. The number of hydrogen-bond acceptors (Lipinski definition) is 8. The number of non-ortho nitro benzene ring substituents is 1. The number of allylic oxidation sites excluding steroid dienone is 1. The summed E-state index contributed by atoms with van der Waals surface area (Å²) in [5.41, 5.74) is 4.95. The van der Waals surface area contributed by atoms with Gasteiger partial charge in [-0.3, -0.25) is 14.9 Å². The summed E-state index contributed by atoms with van der Waals surface area (Å²) in [6.45, 7) is 7.92. The highest BCUT2D eigenvalue weighted by molar-refractivity contribution is 7.98. The molecule has 0 spiro atoms. The van der Waals surface area contributed by atoms with E-state index in [-0.39, 0.29) is 11.6 Å². The number of nitro groups is 1. The molecule has 210 valence electrons. The Morgan fingerprint density at radius 2 is 1.73 bits per heavy atom. The summed E-state index contributed by atoms with van der Waals surface area (Å²) >= 11 is 1.43. The summed E-state index contributed by atoms with van der Waals surface area (Å²) in [5, 5.41) is 22.6. The number of benzene rings is 3. The number of carbonyl (C=O) groups is 1. The molecule has 1 unspecified atom stereocenters. The molecule has 1 amide bonds. The Kier molecular flexibility index (Phi) is 8.34. The number of carbonyl (C=O) groups excluding carboxylic acids is 1. The second-order valence-electron chi connectivity index (χ2n) is 9.52. The molecule has 2 N–H and O–H groups in total. The Bertz CT molecular complexity index is 1560. The van der Waals surface area contributed by atoms with Crippen LogP contribution in [0.25, 0.3) is 0 Å². The molecule has 2 heterocycles. The quantitative estimate of drug-likeness (QED) is 0.131. The summed E-state index contributed by atoms with van der Waals surface area (Å²) in [7, 11) is 0. The summed E-state index contributed by atoms with van der Waals surface area (Å²) in [4.78, 5) is 31.2. The first-order chi connectivity index (χ1) is 19.9. The number of para-hydroxylation sites is 1. The third-order valence-corrected chi connectivity index (χ3v) is 7.87. The summed E-state index contributed by atoms with van der Waals surface area (Å²) in [6, 6.07) is 23.6. The SMILES string of the molecule is CCN(CC)c1ccc(C2C(C(=O)Nc3ccccc3)=C(C)Nc3nc(SCc4ccc([N+](=O)[O-])cc4)nn32)cc1. The van der Waals surface area contributed by atoms with Gasteiger partial charge in [0.15, 0.2) is 0 Å². The van der Waals surface area contributed by atoms with E-state index in [0.717, 1.165) is 29.9 Å². The van der Waals surface area contributed by atoms with Gasteiger partial charge >= 0.3 is 0 Å². The number of nitrogens with one attached hydrogen (secondary N) is 2. The smallest absolute Gasteiger partial charge is 0.269 e. The van der Waals surface area contributed by atoms with E-state index in [1.807, 2.05) is 49.4 Å². The lowest BCUT2D eigenvalue weighted by Crippen LogP contribution is -2.31. The lowest BCUT2D eigenvalue weighted by atomic mass is 9.94. The van der Waals surface area contributed by atoms with Crippen molar-refractivity contribution in [2.75, 3.05) is 28.6 Å². The van der Waals surface area contributed by atoms with E-state index in [4.69, 9.17) is 10.1 Å². The maximum Gasteiger partial charge on any atom is 0.269 e. The number of aromatic nitrogens is 3. The van der Waals surface area contributed by atoms with Gasteiger partial charge in [-0.05, 0) is 56.2 Å². The molecule has 0 saturated heterocycles. The van der Waals surface area contributed by atoms with Crippen molar-refractivity contribution in [1.29, 1.82) is 0 Å². The van der Waals surface area contributed by atoms with Gasteiger partial charge in [-0.2, -0.15) is 4.98 Å². The summed E-state index contributed by atoms with van der Waals surface area (Å²) in [5.74, 6) is 0.862. The highest BCUT2D eigenvalue weighted by atomic mass is 32.2. The normalized spacial score (nSPS) is 14.3. The number of fused-ring (bicyclic) bond motifs is 1. The minimum Gasteiger partial charge on any atom is -0.372 e. The Hall–Kier alpha value is -4.64. The van der Waals surface area contributed by atoms with Crippen LogP contribution < -0.4 is 15.5 Å². The van der Waals surface area contributed by atoms with Crippen LogP contribution in [0.2, 0.25) is 0 Å². The molecule has 5 rings (SSSR count). The molecule has 0 aliphatic carbocycles. The third-order valence-electron chi connectivity index (χ3n) is 6.96. The van der Waals surface area contributed by atoms with Crippen molar-refractivity contribution in [2.45, 2.75) is 37.7 Å². The van der Waals surface area contributed by atoms with Gasteiger partial charge in [-0.1, -0.05) is 54.2 Å². The summed E-state index contributed by atoms with van der Waals surface area (Å²) in [6.07, 6.45) is 0. The predicted molar refractivity (Wildman–Crippen MR) is 162 cm³/mol. The van der Waals surface area contributed by atoms with Gasteiger partial charge in [0.25, 0.3) is 11.6 Å². The molecule has 1 aliphatic heterocycles. The fraction of sp³-hybridized carbons (Fsp3) is 0.233. The molecular weight excluding hydrogens is 538 g/mol. The highest BCUT2D eigenvalue weighted by Gasteiger charge is 2.34. The zero-order valence-electron chi connectivity index (χ0n) is 23.1. The zero-order chi connectivity index (χ0) is 28.9. The average Bonchev–Trinajstić information content (AvgIpc) is 3.39. The summed E-state index contributed by atoms with van der Waals surface area (Å²) < 4.78 is 1.76. The van der Waals surface area contributed by atoms with E-state index in [1.165, 1.54) is 23.9 Å². The van der Waals surface area contributed by atoms with E-state index in [2.05, 4.69) is 41.5 Å². The van der Waals surface area contributed by atoms with Gasteiger partial charge in [-0.15, -0.1) is 5.10 Å². The molecule has 0 saturated carbocycles. The molecule has 3 aromatic carbocycles. The van der Waals surface area contributed by atoms with Crippen molar-refractivity contribution >= 4 is 40.7 Å². The van der Waals surface area contributed by atoms with Crippen LogP contribution in [0.5, 0.6) is 0 Å². The zero-order valence-corrected chi connectivity index (χ0v) is 23.9. The largest absolute Gasteiger partial charge is 0.372 e. The van der Waals surface area contributed by atoms with E-state index >= 15 is 0 Å². The van der Waals surface area contributed by atoms with Gasteiger partial charge in [0.2, 0.25) is 11.1 Å².